The fourth-order valence-electron chi connectivity index (χ4n) is 1.85. The van der Waals surface area contributed by atoms with E-state index in [9.17, 15) is 9.59 Å². The molecule has 0 heterocycles. The van der Waals surface area contributed by atoms with Crippen LogP contribution in [0.15, 0.2) is 18.2 Å². The van der Waals surface area contributed by atoms with Crippen LogP contribution in [0.2, 0.25) is 0 Å². The minimum absolute atomic E-state index is 0.180. The van der Waals surface area contributed by atoms with E-state index in [1.807, 2.05) is 0 Å². The second-order valence-corrected chi connectivity index (χ2v) is 5.47. The van der Waals surface area contributed by atoms with Crippen LogP contribution in [0.4, 0.5) is 0 Å². The molecule has 5 heteroatoms. The summed E-state index contributed by atoms with van der Waals surface area (Å²) in [4.78, 5) is 23.0. The van der Waals surface area contributed by atoms with E-state index in [1.54, 1.807) is 26.0 Å². The Morgan fingerprint density at radius 2 is 1.95 bits per heavy atom. The molecule has 1 rings (SSSR count). The summed E-state index contributed by atoms with van der Waals surface area (Å²) in [5.41, 5.74) is 0.701. The van der Waals surface area contributed by atoms with Crippen LogP contribution in [-0.2, 0) is 4.79 Å². The highest BCUT2D eigenvalue weighted by Crippen LogP contribution is 2.22. The van der Waals surface area contributed by atoms with E-state index >= 15 is 0 Å². The van der Waals surface area contributed by atoms with Crippen LogP contribution in [-0.4, -0.2) is 29.6 Å². The molecule has 1 atom stereocenters. The molecule has 1 unspecified atom stereocenters. The van der Waals surface area contributed by atoms with Crippen LogP contribution in [0, 0.1) is 12.8 Å². The Balaban J connectivity index is 2.66. The molecule has 0 spiro atoms. The van der Waals surface area contributed by atoms with Gasteiger partial charge in [-0.15, -0.1) is 0 Å². The van der Waals surface area contributed by atoms with Gasteiger partial charge >= 0.3 is 5.97 Å². The van der Waals surface area contributed by atoms with Gasteiger partial charge in [0.25, 0.3) is 5.91 Å². The Labute approximate surface area is 125 Å². The van der Waals surface area contributed by atoms with Gasteiger partial charge in [0.2, 0.25) is 0 Å². The molecule has 0 bridgehead atoms. The van der Waals surface area contributed by atoms with Gasteiger partial charge < -0.3 is 15.2 Å². The van der Waals surface area contributed by atoms with Gasteiger partial charge in [-0.1, -0.05) is 19.9 Å². The third kappa shape index (κ3) is 5.10. The molecule has 0 radical (unpaired) electrons. The molecule has 0 fully saturated rings. The van der Waals surface area contributed by atoms with Crippen LogP contribution in [0.5, 0.6) is 5.75 Å². The molecule has 1 amide bonds. The fourth-order valence-corrected chi connectivity index (χ4v) is 1.85. The van der Waals surface area contributed by atoms with E-state index in [0.717, 1.165) is 6.42 Å². The van der Waals surface area contributed by atoms with Crippen molar-refractivity contribution in [3.05, 3.63) is 29.3 Å². The average Bonchev–Trinajstić information content (AvgIpc) is 2.40. The minimum Gasteiger partial charge on any atom is -0.481 e. The zero-order chi connectivity index (χ0) is 16.0. The highest BCUT2D eigenvalue weighted by molar-refractivity contribution is 5.90. The summed E-state index contributed by atoms with van der Waals surface area (Å²) in [7, 11) is 0. The standard InChI is InChI=1S/C16H23NO4/c1-10(2)8-9-17-15(18)12(4)21-14-7-5-6-13(11(14)3)16(19)20/h5-7,10,12H,8-9H2,1-4H3,(H,17,18)(H,19,20). The van der Waals surface area contributed by atoms with Crippen molar-refractivity contribution < 1.29 is 19.4 Å². The lowest BCUT2D eigenvalue weighted by atomic mass is 10.1. The van der Waals surface area contributed by atoms with Crippen LogP contribution in [0.1, 0.15) is 43.1 Å². The number of carboxylic acids is 1. The first-order valence-electron chi connectivity index (χ1n) is 7.10. The highest BCUT2D eigenvalue weighted by Gasteiger charge is 2.17. The Morgan fingerprint density at radius 3 is 2.52 bits per heavy atom. The molecule has 1 aromatic carbocycles. The fraction of sp³-hybridized carbons (Fsp3) is 0.500. The molecule has 0 aliphatic carbocycles. The molecule has 0 aliphatic rings. The molecule has 0 aromatic heterocycles. The van der Waals surface area contributed by atoms with Gasteiger partial charge in [0, 0.05) is 12.1 Å². The molecule has 21 heavy (non-hydrogen) atoms. The molecule has 2 N–H and O–H groups in total. The first-order valence-corrected chi connectivity index (χ1v) is 7.10. The molecule has 1 aromatic rings. The van der Waals surface area contributed by atoms with Gasteiger partial charge in [-0.25, -0.2) is 4.79 Å². The quantitative estimate of drug-likeness (QED) is 0.810. The molecular formula is C16H23NO4. The number of hydrogen-bond acceptors (Lipinski definition) is 3. The summed E-state index contributed by atoms with van der Waals surface area (Å²) in [5.74, 6) is -0.264. The van der Waals surface area contributed by atoms with Gasteiger partial charge in [-0.2, -0.15) is 0 Å². The first-order chi connectivity index (χ1) is 9.82. The zero-order valence-corrected chi connectivity index (χ0v) is 13.0. The summed E-state index contributed by atoms with van der Waals surface area (Å²) >= 11 is 0. The summed E-state index contributed by atoms with van der Waals surface area (Å²) < 4.78 is 5.58. The number of aromatic carboxylic acids is 1. The summed E-state index contributed by atoms with van der Waals surface area (Å²) in [6.45, 7) is 8.11. The van der Waals surface area contributed by atoms with Gasteiger partial charge in [0.1, 0.15) is 5.75 Å². The van der Waals surface area contributed by atoms with Crippen LogP contribution in [0.25, 0.3) is 0 Å². The topological polar surface area (TPSA) is 75.6 Å². The van der Waals surface area contributed by atoms with E-state index in [1.165, 1.54) is 6.07 Å². The van der Waals surface area contributed by atoms with Gasteiger partial charge in [0.15, 0.2) is 6.10 Å². The van der Waals surface area contributed by atoms with Gasteiger partial charge in [-0.05, 0) is 38.3 Å². The largest absolute Gasteiger partial charge is 0.481 e. The van der Waals surface area contributed by atoms with Crippen LogP contribution in [0.3, 0.4) is 0 Å². The Hall–Kier alpha value is -2.04. The van der Waals surface area contributed by atoms with Crippen molar-refractivity contribution in [1.82, 2.24) is 5.32 Å². The summed E-state index contributed by atoms with van der Waals surface area (Å²) in [5, 5.41) is 11.9. The van der Waals surface area contributed by atoms with E-state index in [0.29, 0.717) is 23.8 Å². The number of benzene rings is 1. The summed E-state index contributed by atoms with van der Waals surface area (Å²) in [6.07, 6.45) is 0.242. The number of rotatable bonds is 7. The van der Waals surface area contributed by atoms with Crippen molar-refractivity contribution in [2.75, 3.05) is 6.54 Å². The van der Waals surface area contributed by atoms with Crippen molar-refractivity contribution in [2.45, 2.75) is 40.2 Å². The maximum absolute atomic E-state index is 11.9. The highest BCUT2D eigenvalue weighted by atomic mass is 16.5. The number of carbonyl (C=O) groups excluding carboxylic acids is 1. The Morgan fingerprint density at radius 1 is 1.29 bits per heavy atom. The molecule has 0 saturated carbocycles. The lowest BCUT2D eigenvalue weighted by Crippen LogP contribution is -2.37. The van der Waals surface area contributed by atoms with Crippen molar-refractivity contribution in [3.8, 4) is 5.75 Å². The van der Waals surface area contributed by atoms with Gasteiger partial charge in [-0.3, -0.25) is 4.79 Å². The van der Waals surface area contributed by atoms with E-state index < -0.39 is 12.1 Å². The molecule has 116 valence electrons. The number of hydrogen-bond donors (Lipinski definition) is 2. The Kier molecular flexibility index (Phi) is 6.21. The number of ether oxygens (including phenoxy) is 1. The van der Waals surface area contributed by atoms with Crippen molar-refractivity contribution >= 4 is 11.9 Å². The number of nitrogens with one attached hydrogen (secondary N) is 1. The second-order valence-electron chi connectivity index (χ2n) is 5.47. The maximum Gasteiger partial charge on any atom is 0.336 e. The second kappa shape index (κ2) is 7.67. The van der Waals surface area contributed by atoms with Gasteiger partial charge in [0.05, 0.1) is 5.56 Å². The van der Waals surface area contributed by atoms with E-state index in [4.69, 9.17) is 9.84 Å². The predicted molar refractivity (Wildman–Crippen MR) is 80.7 cm³/mol. The third-order valence-corrected chi connectivity index (χ3v) is 3.21. The molecular weight excluding hydrogens is 270 g/mol. The van der Waals surface area contributed by atoms with E-state index in [-0.39, 0.29) is 11.5 Å². The lowest BCUT2D eigenvalue weighted by Gasteiger charge is -2.17. The van der Waals surface area contributed by atoms with Crippen molar-refractivity contribution in [1.29, 1.82) is 0 Å². The molecule has 0 aliphatic heterocycles. The SMILES string of the molecule is Cc1c(OC(C)C(=O)NCCC(C)C)cccc1C(=O)O. The van der Waals surface area contributed by atoms with Crippen LogP contribution >= 0.6 is 0 Å². The molecule has 0 saturated heterocycles. The van der Waals surface area contributed by atoms with Crippen molar-refractivity contribution in [2.24, 2.45) is 5.92 Å². The third-order valence-electron chi connectivity index (χ3n) is 3.21. The number of carbonyl (C=O) groups is 2. The first kappa shape index (κ1) is 17.0. The minimum atomic E-state index is -1.01. The predicted octanol–water partition coefficient (Wildman–Crippen LogP) is 2.62. The van der Waals surface area contributed by atoms with Crippen LogP contribution < -0.4 is 10.1 Å². The summed E-state index contributed by atoms with van der Waals surface area (Å²) in [6, 6.07) is 4.78. The average molecular weight is 293 g/mol. The Bertz CT molecular complexity index is 511. The lowest BCUT2D eigenvalue weighted by molar-refractivity contribution is -0.127. The monoisotopic (exact) mass is 293 g/mol. The number of amides is 1. The van der Waals surface area contributed by atoms with E-state index in [2.05, 4.69) is 19.2 Å². The molecule has 5 nitrogen and oxygen atoms in total. The zero-order valence-electron chi connectivity index (χ0n) is 13.0. The number of carboxylic acid groups (broad SMARTS) is 1. The smallest absolute Gasteiger partial charge is 0.336 e. The maximum atomic E-state index is 11.9. The van der Waals surface area contributed by atoms with Crippen molar-refractivity contribution in [3.63, 3.8) is 0 Å². The normalized spacial score (nSPS) is 12.0.